The third kappa shape index (κ3) is 2.77. The van der Waals surface area contributed by atoms with E-state index in [1.54, 1.807) is 0 Å². The van der Waals surface area contributed by atoms with Gasteiger partial charge in [0.15, 0.2) is 0 Å². The van der Waals surface area contributed by atoms with Crippen LogP contribution >= 0.6 is 0 Å². The van der Waals surface area contributed by atoms with Gasteiger partial charge >= 0.3 is 11.7 Å². The van der Waals surface area contributed by atoms with Crippen molar-refractivity contribution in [3.05, 3.63) is 73.3 Å². The van der Waals surface area contributed by atoms with E-state index >= 15 is 0 Å². The standard InChI is InChI=1S/C19H18FN3O4/c1-9(2)7-23-16-15(17(24)22-19(23)26)13(10-3-5-11(20)6-4-10)14-12(21-16)8-27-18(14)25/h3-6,9,13,21H,7-8H2,1-2H3,(H,22,24,26)/t13-/m1/s1. The molecule has 0 saturated carbocycles. The van der Waals surface area contributed by atoms with E-state index in [0.29, 0.717) is 29.2 Å². The predicted octanol–water partition coefficient (Wildman–Crippen LogP) is 1.70. The smallest absolute Gasteiger partial charge is 0.337 e. The number of carbonyl (C=O) groups excluding carboxylic acids is 1. The van der Waals surface area contributed by atoms with E-state index < -0.39 is 29.0 Å². The molecule has 1 aromatic carbocycles. The monoisotopic (exact) mass is 371 g/mol. The Bertz CT molecular complexity index is 1080. The number of rotatable bonds is 3. The molecule has 0 radical (unpaired) electrons. The number of anilines is 1. The predicted molar refractivity (Wildman–Crippen MR) is 96.0 cm³/mol. The molecule has 2 aromatic rings. The van der Waals surface area contributed by atoms with Crippen molar-refractivity contribution in [3.63, 3.8) is 0 Å². The lowest BCUT2D eigenvalue weighted by Gasteiger charge is -2.28. The minimum absolute atomic E-state index is 0.0357. The summed E-state index contributed by atoms with van der Waals surface area (Å²) in [6.07, 6.45) is 0. The first-order valence-electron chi connectivity index (χ1n) is 8.66. The number of aromatic amines is 1. The van der Waals surface area contributed by atoms with Crippen LogP contribution in [0.25, 0.3) is 0 Å². The van der Waals surface area contributed by atoms with Gasteiger partial charge in [0.1, 0.15) is 18.2 Å². The van der Waals surface area contributed by atoms with E-state index in [-0.39, 0.29) is 18.1 Å². The molecule has 3 heterocycles. The fourth-order valence-corrected chi connectivity index (χ4v) is 3.62. The van der Waals surface area contributed by atoms with Gasteiger partial charge in [0, 0.05) is 6.54 Å². The van der Waals surface area contributed by atoms with Gasteiger partial charge in [-0.15, -0.1) is 0 Å². The Hall–Kier alpha value is -3.16. The van der Waals surface area contributed by atoms with Gasteiger partial charge in [0.05, 0.1) is 22.8 Å². The number of hydrogen-bond donors (Lipinski definition) is 2. The molecule has 0 spiro atoms. The zero-order valence-electron chi connectivity index (χ0n) is 14.8. The summed E-state index contributed by atoms with van der Waals surface area (Å²) >= 11 is 0. The number of nitrogens with one attached hydrogen (secondary N) is 2. The van der Waals surface area contributed by atoms with Crippen LogP contribution in [-0.4, -0.2) is 22.1 Å². The Labute approximate surface area is 153 Å². The van der Waals surface area contributed by atoms with Crippen molar-refractivity contribution < 1.29 is 13.9 Å². The van der Waals surface area contributed by atoms with Gasteiger partial charge in [-0.2, -0.15) is 0 Å². The number of esters is 1. The zero-order chi connectivity index (χ0) is 19.3. The second kappa shape index (κ2) is 6.22. The molecule has 0 unspecified atom stereocenters. The SMILES string of the molecule is CC(C)Cn1c2c(c(=O)[nH]c1=O)[C@H](c1ccc(F)cc1)C1=C(COC1=O)N2. The van der Waals surface area contributed by atoms with E-state index in [1.165, 1.54) is 28.8 Å². The maximum atomic E-state index is 13.4. The summed E-state index contributed by atoms with van der Waals surface area (Å²) in [5.74, 6) is -1.19. The van der Waals surface area contributed by atoms with E-state index in [9.17, 15) is 18.8 Å². The average molecular weight is 371 g/mol. The molecule has 0 fully saturated rings. The molecule has 0 aliphatic carbocycles. The van der Waals surface area contributed by atoms with Crippen LogP contribution < -0.4 is 16.6 Å². The van der Waals surface area contributed by atoms with Gasteiger partial charge in [-0.3, -0.25) is 14.3 Å². The second-order valence-corrected chi connectivity index (χ2v) is 7.10. The number of halogens is 1. The number of benzene rings is 1. The van der Waals surface area contributed by atoms with Gasteiger partial charge in [-0.05, 0) is 23.6 Å². The van der Waals surface area contributed by atoms with Crippen LogP contribution in [0.15, 0.2) is 45.1 Å². The molecular formula is C19H18FN3O4. The van der Waals surface area contributed by atoms with Crippen molar-refractivity contribution in [1.29, 1.82) is 0 Å². The Morgan fingerprint density at radius 3 is 2.59 bits per heavy atom. The number of aromatic nitrogens is 2. The van der Waals surface area contributed by atoms with E-state index in [1.807, 2.05) is 13.8 Å². The van der Waals surface area contributed by atoms with E-state index in [4.69, 9.17) is 4.74 Å². The number of H-pyrrole nitrogens is 1. The van der Waals surface area contributed by atoms with Crippen molar-refractivity contribution in [2.45, 2.75) is 26.3 Å². The van der Waals surface area contributed by atoms with Gasteiger partial charge in [0.25, 0.3) is 5.56 Å². The lowest BCUT2D eigenvalue weighted by atomic mass is 9.83. The second-order valence-electron chi connectivity index (χ2n) is 7.10. The molecule has 1 atom stereocenters. The highest BCUT2D eigenvalue weighted by Gasteiger charge is 2.41. The summed E-state index contributed by atoms with van der Waals surface area (Å²) in [6, 6.07) is 5.61. The first-order valence-corrected chi connectivity index (χ1v) is 8.66. The van der Waals surface area contributed by atoms with Crippen LogP contribution in [0.1, 0.15) is 30.9 Å². The van der Waals surface area contributed by atoms with Crippen molar-refractivity contribution in [2.75, 3.05) is 11.9 Å². The summed E-state index contributed by atoms with van der Waals surface area (Å²) in [5.41, 5.74) is 0.555. The van der Waals surface area contributed by atoms with Gasteiger partial charge < -0.3 is 10.1 Å². The zero-order valence-corrected chi connectivity index (χ0v) is 14.8. The molecule has 2 N–H and O–H groups in total. The van der Waals surface area contributed by atoms with Crippen LogP contribution in [-0.2, 0) is 16.1 Å². The average Bonchev–Trinajstić information content (AvgIpc) is 2.98. The van der Waals surface area contributed by atoms with Crippen LogP contribution in [0.5, 0.6) is 0 Å². The van der Waals surface area contributed by atoms with Crippen molar-refractivity contribution >= 4 is 11.8 Å². The quantitative estimate of drug-likeness (QED) is 0.801. The number of cyclic esters (lactones) is 1. The fraction of sp³-hybridized carbons (Fsp3) is 0.316. The minimum Gasteiger partial charge on any atom is -0.456 e. The minimum atomic E-state index is -0.741. The van der Waals surface area contributed by atoms with Crippen LogP contribution in [0.2, 0.25) is 0 Å². The highest BCUT2D eigenvalue weighted by Crippen LogP contribution is 2.42. The van der Waals surface area contributed by atoms with Crippen molar-refractivity contribution in [3.8, 4) is 0 Å². The Kier molecular flexibility index (Phi) is 3.98. The molecule has 0 saturated heterocycles. The maximum absolute atomic E-state index is 13.4. The third-order valence-corrected chi connectivity index (χ3v) is 4.73. The molecule has 4 rings (SSSR count). The number of ether oxygens (including phenoxy) is 1. The van der Waals surface area contributed by atoms with Crippen molar-refractivity contribution in [1.82, 2.24) is 9.55 Å². The molecule has 1 aromatic heterocycles. The third-order valence-electron chi connectivity index (χ3n) is 4.73. The summed E-state index contributed by atoms with van der Waals surface area (Å²) in [6.45, 7) is 4.33. The maximum Gasteiger partial charge on any atom is 0.337 e. The van der Waals surface area contributed by atoms with Crippen molar-refractivity contribution in [2.24, 2.45) is 5.92 Å². The lowest BCUT2D eigenvalue weighted by Crippen LogP contribution is -2.39. The van der Waals surface area contributed by atoms with Crippen LogP contribution in [0, 0.1) is 11.7 Å². The Morgan fingerprint density at radius 1 is 1.22 bits per heavy atom. The highest BCUT2D eigenvalue weighted by atomic mass is 19.1. The molecule has 2 aliphatic rings. The number of carbonyl (C=O) groups is 1. The molecule has 0 bridgehead atoms. The summed E-state index contributed by atoms with van der Waals surface area (Å²) < 4.78 is 20.0. The normalized spacial score (nSPS) is 18.2. The molecule has 7 nitrogen and oxygen atoms in total. The molecule has 140 valence electrons. The Balaban J connectivity index is 2.01. The topological polar surface area (TPSA) is 93.2 Å². The van der Waals surface area contributed by atoms with Gasteiger partial charge in [-0.25, -0.2) is 14.0 Å². The molecule has 2 aliphatic heterocycles. The molecule has 27 heavy (non-hydrogen) atoms. The van der Waals surface area contributed by atoms with Crippen LogP contribution in [0.4, 0.5) is 10.2 Å². The van der Waals surface area contributed by atoms with Gasteiger partial charge in [0.2, 0.25) is 0 Å². The first kappa shape index (κ1) is 17.3. The molecule has 0 amide bonds. The molecule has 8 heteroatoms. The number of hydrogen-bond acceptors (Lipinski definition) is 5. The van der Waals surface area contributed by atoms with Crippen LogP contribution in [0.3, 0.4) is 0 Å². The lowest BCUT2D eigenvalue weighted by molar-refractivity contribution is -0.136. The highest BCUT2D eigenvalue weighted by molar-refractivity contribution is 5.96. The largest absolute Gasteiger partial charge is 0.456 e. The molecular weight excluding hydrogens is 353 g/mol. The first-order chi connectivity index (χ1) is 12.9. The van der Waals surface area contributed by atoms with Gasteiger partial charge in [-0.1, -0.05) is 26.0 Å². The summed E-state index contributed by atoms with van der Waals surface area (Å²) in [4.78, 5) is 39.8. The van der Waals surface area contributed by atoms with E-state index in [2.05, 4.69) is 10.3 Å². The fourth-order valence-electron chi connectivity index (χ4n) is 3.62. The number of fused-ring (bicyclic) bond motifs is 1. The number of nitrogens with zero attached hydrogens (tertiary/aromatic N) is 1. The summed E-state index contributed by atoms with van der Waals surface area (Å²) in [5, 5.41) is 3.06. The Morgan fingerprint density at radius 2 is 1.93 bits per heavy atom. The van der Waals surface area contributed by atoms with E-state index in [0.717, 1.165) is 0 Å². The summed E-state index contributed by atoms with van der Waals surface area (Å²) in [7, 11) is 0.